The molecular weight excluding hydrogens is 815 g/mol. The molecule has 0 aliphatic heterocycles. The number of benzene rings is 5. The number of nitrogens with zero attached hydrogens (tertiary/aromatic N) is 1. The van der Waals surface area contributed by atoms with Crippen molar-refractivity contribution in [1.29, 1.82) is 0 Å². The number of anilines is 2. The lowest BCUT2D eigenvalue weighted by molar-refractivity contribution is 0.104. The number of halogens is 3. The number of aromatic hydroxyl groups is 2. The van der Waals surface area contributed by atoms with Crippen molar-refractivity contribution in [3.63, 3.8) is 0 Å². The Morgan fingerprint density at radius 3 is 1.98 bits per heavy atom. The third-order valence-electron chi connectivity index (χ3n) is 8.96. The van der Waals surface area contributed by atoms with Gasteiger partial charge in [0.05, 0.1) is 38.2 Å². The van der Waals surface area contributed by atoms with Crippen molar-refractivity contribution in [2.45, 2.75) is 36.0 Å². The molecule has 6 aromatic rings. The number of carbonyl (C=O) groups is 1. The second-order valence-electron chi connectivity index (χ2n) is 13.6. The molecule has 0 amide bonds. The average Bonchev–Trinajstić information content (AvgIpc) is 3.08. The fourth-order valence-corrected chi connectivity index (χ4v) is 8.52. The van der Waals surface area contributed by atoms with Crippen LogP contribution in [0, 0.1) is 0 Å². The minimum Gasteiger partial charge on any atom is -0.507 e. The zero-order valence-corrected chi connectivity index (χ0v) is 32.5. The Morgan fingerprint density at radius 1 is 0.727 bits per heavy atom. The molecule has 7 rings (SSSR count). The Bertz CT molecular complexity index is 2870. The summed E-state index contributed by atoms with van der Waals surface area (Å²) in [7, 11) is -9.91. The third-order valence-corrected chi connectivity index (χ3v) is 11.5. The van der Waals surface area contributed by atoms with Crippen molar-refractivity contribution in [2.75, 3.05) is 5.32 Å². The topological polar surface area (TPSA) is 200 Å². The minimum absolute atomic E-state index is 0.0374. The Morgan fingerprint density at radius 2 is 1.36 bits per heavy atom. The lowest BCUT2D eigenvalue weighted by Crippen LogP contribution is -2.14. The summed E-state index contributed by atoms with van der Waals surface area (Å²) in [5.74, 6) is -2.68. The quantitative estimate of drug-likeness (QED) is 0.0953. The number of hydrogen-bond donors (Lipinski definition) is 5. The van der Waals surface area contributed by atoms with Crippen molar-refractivity contribution in [2.24, 2.45) is 0 Å². The molecule has 12 nitrogen and oxygen atoms in total. The van der Waals surface area contributed by atoms with Crippen LogP contribution >= 0.6 is 34.8 Å². The third kappa shape index (κ3) is 6.84. The molecule has 282 valence electrons. The second kappa shape index (κ2) is 13.4. The van der Waals surface area contributed by atoms with Crippen LogP contribution in [-0.2, 0) is 25.7 Å². The molecule has 0 saturated carbocycles. The maximum Gasteiger partial charge on any atom is 0.298 e. The molecule has 1 aromatic heterocycles. The molecular formula is C38H27Cl3N2O10S2. The summed E-state index contributed by atoms with van der Waals surface area (Å²) in [5, 5.41) is 25.8. The highest BCUT2D eigenvalue weighted by Crippen LogP contribution is 2.51. The van der Waals surface area contributed by atoms with E-state index in [1.165, 1.54) is 36.4 Å². The number of phenols is 2. The van der Waals surface area contributed by atoms with Crippen LogP contribution in [0.15, 0.2) is 88.7 Å². The van der Waals surface area contributed by atoms with Gasteiger partial charge in [-0.3, -0.25) is 13.9 Å². The van der Waals surface area contributed by atoms with Gasteiger partial charge in [-0.15, -0.1) is 0 Å². The summed E-state index contributed by atoms with van der Waals surface area (Å²) in [6, 6.07) is 18.0. The Balaban J connectivity index is 1.62. The van der Waals surface area contributed by atoms with Gasteiger partial charge in [0.2, 0.25) is 0 Å². The lowest BCUT2D eigenvalue weighted by atomic mass is 9.82. The molecule has 5 N–H and O–H groups in total. The summed E-state index contributed by atoms with van der Waals surface area (Å²) < 4.78 is 76.5. The largest absolute Gasteiger partial charge is 0.507 e. The average molecular weight is 842 g/mol. The number of phenolic OH excluding ortho intramolecular Hbond substituents is 2. The van der Waals surface area contributed by atoms with Crippen molar-refractivity contribution < 1.29 is 45.7 Å². The number of nitrogens with one attached hydrogen (secondary N) is 1. The monoisotopic (exact) mass is 840 g/mol. The van der Waals surface area contributed by atoms with Gasteiger partial charge in [-0.25, -0.2) is 4.98 Å². The molecule has 55 heavy (non-hydrogen) atoms. The number of aromatic nitrogens is 1. The van der Waals surface area contributed by atoms with Crippen LogP contribution in [-0.4, -0.2) is 46.9 Å². The molecule has 17 heteroatoms. The van der Waals surface area contributed by atoms with Crippen LogP contribution in [0.3, 0.4) is 0 Å². The fourth-order valence-electron chi connectivity index (χ4n) is 6.38. The molecule has 0 atom stereocenters. The minimum atomic E-state index is -4.99. The van der Waals surface area contributed by atoms with Gasteiger partial charge in [0, 0.05) is 22.0 Å². The van der Waals surface area contributed by atoms with E-state index in [4.69, 9.17) is 39.5 Å². The number of rotatable bonds is 7. The molecule has 0 radical (unpaired) electrons. The molecule has 0 spiro atoms. The van der Waals surface area contributed by atoms with E-state index < -0.39 is 58.3 Å². The van der Waals surface area contributed by atoms with Crippen LogP contribution < -0.4 is 10.1 Å². The van der Waals surface area contributed by atoms with Gasteiger partial charge >= 0.3 is 0 Å². The predicted octanol–water partition coefficient (Wildman–Crippen LogP) is 9.81. The van der Waals surface area contributed by atoms with Gasteiger partial charge in [0.15, 0.2) is 11.5 Å². The molecule has 1 heterocycles. The normalized spacial score (nSPS) is 12.8. The first-order valence-electron chi connectivity index (χ1n) is 16.0. The van der Waals surface area contributed by atoms with Crippen LogP contribution in [0.25, 0.3) is 33.3 Å². The van der Waals surface area contributed by atoms with Gasteiger partial charge in [-0.05, 0) is 64.6 Å². The first-order valence-corrected chi connectivity index (χ1v) is 20.1. The second-order valence-corrected chi connectivity index (χ2v) is 17.6. The van der Waals surface area contributed by atoms with Crippen LogP contribution in [0.2, 0.25) is 15.1 Å². The molecule has 1 aliphatic carbocycles. The summed E-state index contributed by atoms with van der Waals surface area (Å²) in [5.41, 5.74) is 0.305. The zero-order valence-electron chi connectivity index (χ0n) is 28.6. The van der Waals surface area contributed by atoms with E-state index in [-0.39, 0.29) is 65.7 Å². The maximum atomic E-state index is 14.5. The number of ether oxygens (including phenoxy) is 1. The highest BCUT2D eigenvalue weighted by molar-refractivity contribution is 7.86. The van der Waals surface area contributed by atoms with E-state index in [2.05, 4.69) is 10.3 Å². The molecule has 1 aliphatic rings. The van der Waals surface area contributed by atoms with Gasteiger partial charge < -0.3 is 20.3 Å². The highest BCUT2D eigenvalue weighted by atomic mass is 35.5. The number of hydrogen-bond acceptors (Lipinski definition) is 10. The fraction of sp³-hybridized carbons (Fsp3) is 0.105. The van der Waals surface area contributed by atoms with Crippen LogP contribution in [0.4, 0.5) is 11.4 Å². The van der Waals surface area contributed by atoms with Crippen LogP contribution in [0.5, 0.6) is 23.0 Å². The first kappa shape index (κ1) is 38.3. The van der Waals surface area contributed by atoms with E-state index in [0.717, 1.165) is 12.1 Å². The summed E-state index contributed by atoms with van der Waals surface area (Å²) in [6.45, 7) is 5.53. The Kier molecular flexibility index (Phi) is 9.33. The summed E-state index contributed by atoms with van der Waals surface area (Å²) >= 11 is 19.3. The van der Waals surface area contributed by atoms with Gasteiger partial charge in [0.1, 0.15) is 32.6 Å². The summed E-state index contributed by atoms with van der Waals surface area (Å²) in [6.07, 6.45) is 0. The lowest BCUT2D eigenvalue weighted by Gasteiger charge is -2.26. The van der Waals surface area contributed by atoms with Gasteiger partial charge in [0.25, 0.3) is 20.2 Å². The first-order chi connectivity index (χ1) is 25.6. The zero-order chi connectivity index (χ0) is 39.9. The maximum absolute atomic E-state index is 14.5. The van der Waals surface area contributed by atoms with Gasteiger partial charge in [-0.2, -0.15) is 16.8 Å². The Hall–Kier alpha value is -4.93. The number of pyridine rings is 1. The molecule has 0 bridgehead atoms. The van der Waals surface area contributed by atoms with Crippen molar-refractivity contribution in [1.82, 2.24) is 4.98 Å². The van der Waals surface area contributed by atoms with E-state index in [1.54, 1.807) is 30.3 Å². The van der Waals surface area contributed by atoms with E-state index in [1.807, 2.05) is 20.8 Å². The number of ketones is 1. The van der Waals surface area contributed by atoms with Gasteiger partial charge in [-0.1, -0.05) is 85.9 Å². The smallest absolute Gasteiger partial charge is 0.298 e. The van der Waals surface area contributed by atoms with Crippen molar-refractivity contribution in [3.05, 3.63) is 111 Å². The predicted molar refractivity (Wildman–Crippen MR) is 209 cm³/mol. The SMILES string of the molecule is CC(C)(C)c1ccc(Oc2cc(Nc3c(Cl)cc(Cl)cc3Cl)c3c4c(cc(-c5c(O)ccc(S(=O)(=O)O)c5O)nc24)-c2ccccc2C3=O)c(S(=O)(=O)O)c1. The summed E-state index contributed by atoms with van der Waals surface area (Å²) in [4.78, 5) is 17.6. The molecule has 5 aromatic carbocycles. The molecule has 0 unspecified atom stereocenters. The molecule has 0 saturated heterocycles. The van der Waals surface area contributed by atoms with Crippen LogP contribution in [0.1, 0.15) is 42.3 Å². The number of fused-ring (bicyclic) bond motifs is 2. The van der Waals surface area contributed by atoms with Crippen molar-refractivity contribution >= 4 is 83.1 Å². The van der Waals surface area contributed by atoms with E-state index >= 15 is 0 Å². The van der Waals surface area contributed by atoms with E-state index in [0.29, 0.717) is 16.7 Å². The van der Waals surface area contributed by atoms with Crippen molar-refractivity contribution in [3.8, 4) is 45.4 Å². The Labute approximate surface area is 329 Å². The standard InChI is InChI=1S/C38H27Cl3N2O10S2/c1-38(2,3)17-8-10-27(30(12-17)55(50,51)52)53-28-16-25(42-34-22(40)13-18(39)14-23(34)41)33-31-21(19-6-4-5-7-20(19)36(33)45)15-24(43-35(28)31)32-26(44)9-11-29(37(32)46)54(47,48)49/h4-16,42,44,46H,1-3H3,(H,47,48,49)(H,50,51,52). The molecule has 0 fully saturated rings. The highest BCUT2D eigenvalue weighted by Gasteiger charge is 2.33. The van der Waals surface area contributed by atoms with E-state index in [9.17, 15) is 40.9 Å². The number of carbonyl (C=O) groups excluding carboxylic acids is 1.